The van der Waals surface area contributed by atoms with Crippen LogP contribution in [0.2, 0.25) is 0 Å². The van der Waals surface area contributed by atoms with Gasteiger partial charge in [-0.05, 0) is 38.3 Å². The predicted molar refractivity (Wildman–Crippen MR) is 89.7 cm³/mol. The van der Waals surface area contributed by atoms with Crippen LogP contribution in [0.15, 0.2) is 24.3 Å². The van der Waals surface area contributed by atoms with Gasteiger partial charge >= 0.3 is 0 Å². The fraction of sp³-hybridized carbons (Fsp3) is 0.632. The molecule has 3 rings (SSSR count). The van der Waals surface area contributed by atoms with E-state index in [9.17, 15) is 18.7 Å². The monoisotopic (exact) mass is 353 g/mol. The number of halogens is 2. The SMILES string of the molecule is Cc1ccc(OC[C@@]2(O)CCN(C(=O)C3CCC(F)(F)CC3)C2)cc1. The van der Waals surface area contributed by atoms with E-state index in [1.807, 2.05) is 31.2 Å². The molecule has 1 aromatic rings. The quantitative estimate of drug-likeness (QED) is 0.905. The van der Waals surface area contributed by atoms with Crippen LogP contribution in [0, 0.1) is 12.8 Å². The van der Waals surface area contributed by atoms with E-state index in [0.29, 0.717) is 18.7 Å². The Morgan fingerprint density at radius 3 is 2.52 bits per heavy atom. The lowest BCUT2D eigenvalue weighted by atomic mass is 9.86. The average Bonchev–Trinajstić information content (AvgIpc) is 2.97. The first-order chi connectivity index (χ1) is 11.8. The number of ether oxygens (including phenoxy) is 1. The van der Waals surface area contributed by atoms with Crippen LogP contribution in [-0.4, -0.2) is 47.1 Å². The second kappa shape index (κ2) is 6.90. The molecule has 1 amide bonds. The van der Waals surface area contributed by atoms with E-state index in [0.717, 1.165) is 5.56 Å². The summed E-state index contributed by atoms with van der Waals surface area (Å²) in [6.45, 7) is 2.74. The summed E-state index contributed by atoms with van der Waals surface area (Å²) in [7, 11) is 0. The first kappa shape index (κ1) is 18.1. The number of hydrogen-bond donors (Lipinski definition) is 1. The number of alkyl halides is 2. The van der Waals surface area contributed by atoms with E-state index in [1.165, 1.54) is 0 Å². The van der Waals surface area contributed by atoms with Gasteiger partial charge in [-0.3, -0.25) is 4.79 Å². The number of β-amino-alcohol motifs (C(OH)–C–C–N with tert-alkyl or cyclic N) is 1. The summed E-state index contributed by atoms with van der Waals surface area (Å²) >= 11 is 0. The van der Waals surface area contributed by atoms with Crippen LogP contribution >= 0.6 is 0 Å². The molecular formula is C19H25F2NO3. The maximum atomic E-state index is 13.2. The Balaban J connectivity index is 1.51. The summed E-state index contributed by atoms with van der Waals surface area (Å²) in [6, 6.07) is 7.56. The Morgan fingerprint density at radius 1 is 1.24 bits per heavy atom. The summed E-state index contributed by atoms with van der Waals surface area (Å²) in [5.41, 5.74) is 0.0425. The standard InChI is InChI=1S/C19H25F2NO3/c1-14-2-4-16(5-3-14)25-13-18(24)10-11-22(12-18)17(23)15-6-8-19(20,21)9-7-15/h2-5,15,24H,6-13H2,1H3/t18-/m1/s1. The van der Waals surface area contributed by atoms with Crippen molar-refractivity contribution in [3.63, 3.8) is 0 Å². The highest BCUT2D eigenvalue weighted by Gasteiger charge is 2.43. The number of carbonyl (C=O) groups is 1. The molecule has 1 saturated heterocycles. The number of likely N-dealkylation sites (tertiary alicyclic amines) is 1. The molecule has 2 aliphatic rings. The zero-order valence-corrected chi connectivity index (χ0v) is 14.5. The lowest BCUT2D eigenvalue weighted by molar-refractivity contribution is -0.139. The van der Waals surface area contributed by atoms with Crippen molar-refractivity contribution in [3.8, 4) is 5.75 Å². The molecule has 25 heavy (non-hydrogen) atoms. The number of nitrogens with zero attached hydrogens (tertiary/aromatic N) is 1. The Labute approximate surface area is 146 Å². The van der Waals surface area contributed by atoms with Crippen LogP contribution < -0.4 is 4.74 Å². The molecule has 2 fully saturated rings. The number of amides is 1. The maximum absolute atomic E-state index is 13.2. The average molecular weight is 353 g/mol. The highest BCUT2D eigenvalue weighted by Crippen LogP contribution is 2.37. The smallest absolute Gasteiger partial charge is 0.248 e. The molecule has 4 nitrogen and oxygen atoms in total. The summed E-state index contributed by atoms with van der Waals surface area (Å²) in [5, 5.41) is 10.7. The molecule has 0 unspecified atom stereocenters. The number of aliphatic hydroxyl groups is 1. The van der Waals surface area contributed by atoms with Crippen molar-refractivity contribution in [2.24, 2.45) is 5.92 Å². The maximum Gasteiger partial charge on any atom is 0.248 e. The molecular weight excluding hydrogens is 328 g/mol. The summed E-state index contributed by atoms with van der Waals surface area (Å²) in [6.07, 6.45) is 0.435. The van der Waals surface area contributed by atoms with E-state index in [4.69, 9.17) is 4.74 Å². The van der Waals surface area contributed by atoms with Crippen molar-refractivity contribution < 1.29 is 23.4 Å². The fourth-order valence-electron chi connectivity index (χ4n) is 3.56. The molecule has 1 aliphatic carbocycles. The van der Waals surface area contributed by atoms with Crippen molar-refractivity contribution in [3.05, 3.63) is 29.8 Å². The Hall–Kier alpha value is -1.69. The first-order valence-corrected chi connectivity index (χ1v) is 8.85. The van der Waals surface area contributed by atoms with Crippen LogP contribution in [0.5, 0.6) is 5.75 Å². The van der Waals surface area contributed by atoms with Gasteiger partial charge in [-0.2, -0.15) is 0 Å². The molecule has 0 spiro atoms. The molecule has 0 bridgehead atoms. The van der Waals surface area contributed by atoms with Crippen LogP contribution in [0.3, 0.4) is 0 Å². The molecule has 1 N–H and O–H groups in total. The van der Waals surface area contributed by atoms with Crippen LogP contribution in [0.4, 0.5) is 8.78 Å². The second-order valence-corrected chi connectivity index (χ2v) is 7.47. The Bertz CT molecular complexity index is 610. The molecule has 1 saturated carbocycles. The zero-order chi connectivity index (χ0) is 18.1. The van der Waals surface area contributed by atoms with Gasteiger partial charge in [-0.15, -0.1) is 0 Å². The van der Waals surface area contributed by atoms with Gasteiger partial charge in [0.05, 0.1) is 6.54 Å². The minimum atomic E-state index is -2.63. The van der Waals surface area contributed by atoms with Gasteiger partial charge in [-0.1, -0.05) is 17.7 Å². The van der Waals surface area contributed by atoms with Gasteiger partial charge in [0.1, 0.15) is 18.0 Å². The molecule has 1 atom stereocenters. The third-order valence-corrected chi connectivity index (χ3v) is 5.24. The predicted octanol–water partition coefficient (Wildman–Crippen LogP) is 3.16. The summed E-state index contributed by atoms with van der Waals surface area (Å²) in [5.74, 6) is -2.41. The number of benzene rings is 1. The molecule has 0 aromatic heterocycles. The zero-order valence-electron chi connectivity index (χ0n) is 14.5. The van der Waals surface area contributed by atoms with E-state index >= 15 is 0 Å². The lowest BCUT2D eigenvalue weighted by Gasteiger charge is -2.31. The van der Waals surface area contributed by atoms with E-state index in [2.05, 4.69) is 0 Å². The van der Waals surface area contributed by atoms with E-state index in [-0.39, 0.29) is 50.7 Å². The van der Waals surface area contributed by atoms with Crippen molar-refractivity contribution in [2.45, 2.75) is 50.6 Å². The third kappa shape index (κ3) is 4.48. The highest BCUT2D eigenvalue weighted by molar-refractivity contribution is 5.79. The molecule has 1 aliphatic heterocycles. The number of rotatable bonds is 4. The van der Waals surface area contributed by atoms with Crippen molar-refractivity contribution in [1.29, 1.82) is 0 Å². The summed E-state index contributed by atoms with van der Waals surface area (Å²) < 4.78 is 32.2. The fourth-order valence-corrected chi connectivity index (χ4v) is 3.56. The van der Waals surface area contributed by atoms with Crippen LogP contribution in [0.1, 0.15) is 37.7 Å². The third-order valence-electron chi connectivity index (χ3n) is 5.24. The van der Waals surface area contributed by atoms with Gasteiger partial charge in [-0.25, -0.2) is 8.78 Å². The van der Waals surface area contributed by atoms with Gasteiger partial charge in [0.25, 0.3) is 0 Å². The van der Waals surface area contributed by atoms with Gasteiger partial charge in [0.2, 0.25) is 11.8 Å². The summed E-state index contributed by atoms with van der Waals surface area (Å²) in [4.78, 5) is 14.1. The van der Waals surface area contributed by atoms with Gasteiger partial charge < -0.3 is 14.7 Å². The Morgan fingerprint density at radius 2 is 1.88 bits per heavy atom. The lowest BCUT2D eigenvalue weighted by Crippen LogP contribution is -2.43. The number of hydrogen-bond acceptors (Lipinski definition) is 3. The van der Waals surface area contributed by atoms with Crippen LogP contribution in [0.25, 0.3) is 0 Å². The van der Waals surface area contributed by atoms with Crippen molar-refractivity contribution in [1.82, 2.24) is 4.90 Å². The van der Waals surface area contributed by atoms with E-state index < -0.39 is 11.5 Å². The van der Waals surface area contributed by atoms with Crippen molar-refractivity contribution in [2.75, 3.05) is 19.7 Å². The number of carbonyl (C=O) groups excluding carboxylic acids is 1. The molecule has 1 aromatic carbocycles. The molecule has 1 heterocycles. The van der Waals surface area contributed by atoms with Crippen LogP contribution in [-0.2, 0) is 4.79 Å². The molecule has 6 heteroatoms. The molecule has 0 radical (unpaired) electrons. The second-order valence-electron chi connectivity index (χ2n) is 7.47. The minimum absolute atomic E-state index is 0.109. The van der Waals surface area contributed by atoms with Gasteiger partial charge in [0.15, 0.2) is 0 Å². The largest absolute Gasteiger partial charge is 0.491 e. The first-order valence-electron chi connectivity index (χ1n) is 8.85. The number of aryl methyl sites for hydroxylation is 1. The van der Waals surface area contributed by atoms with Crippen molar-refractivity contribution >= 4 is 5.91 Å². The normalized spacial score (nSPS) is 26.6. The molecule has 138 valence electrons. The Kier molecular flexibility index (Phi) is 5.00. The highest BCUT2D eigenvalue weighted by atomic mass is 19.3. The van der Waals surface area contributed by atoms with Gasteiger partial charge in [0, 0.05) is 25.3 Å². The van der Waals surface area contributed by atoms with E-state index in [1.54, 1.807) is 4.90 Å². The topological polar surface area (TPSA) is 49.8 Å². The minimum Gasteiger partial charge on any atom is -0.491 e.